The first-order chi connectivity index (χ1) is 9.24. The Balaban J connectivity index is 2.00. The Morgan fingerprint density at radius 2 is 1.89 bits per heavy atom. The molecule has 3 aromatic rings. The molecule has 94 valence electrons. The van der Waals surface area contributed by atoms with Crippen LogP contribution in [0, 0.1) is 0 Å². The maximum Gasteiger partial charge on any atom is 0.258 e. The molecule has 0 aliphatic heterocycles. The van der Waals surface area contributed by atoms with Crippen molar-refractivity contribution in [3.63, 3.8) is 0 Å². The minimum absolute atomic E-state index is 0.191. The van der Waals surface area contributed by atoms with Crippen LogP contribution in [-0.2, 0) is 0 Å². The number of pyridine rings is 1. The predicted molar refractivity (Wildman–Crippen MR) is 72.3 cm³/mol. The van der Waals surface area contributed by atoms with Crippen LogP contribution in [0.25, 0.3) is 23.0 Å². The number of phenols is 1. The molecule has 2 heterocycles. The molecule has 0 radical (unpaired) electrons. The third kappa shape index (κ3) is 2.34. The molecule has 0 unspecified atom stereocenters. The molecular formula is C13H8BrN3O2. The summed E-state index contributed by atoms with van der Waals surface area (Å²) in [7, 11) is 0. The van der Waals surface area contributed by atoms with Gasteiger partial charge in [-0.3, -0.25) is 4.98 Å². The van der Waals surface area contributed by atoms with Gasteiger partial charge in [-0.05, 0) is 52.3 Å². The minimum atomic E-state index is 0.191. The van der Waals surface area contributed by atoms with Crippen LogP contribution in [0.2, 0.25) is 0 Å². The lowest BCUT2D eigenvalue weighted by Gasteiger charge is -1.95. The van der Waals surface area contributed by atoms with Crippen molar-refractivity contribution in [1.82, 2.24) is 15.1 Å². The van der Waals surface area contributed by atoms with E-state index in [9.17, 15) is 5.11 Å². The molecule has 1 N–H and O–H groups in total. The second kappa shape index (κ2) is 4.81. The molecule has 0 spiro atoms. The van der Waals surface area contributed by atoms with E-state index in [0.717, 1.165) is 10.0 Å². The van der Waals surface area contributed by atoms with E-state index in [0.29, 0.717) is 17.4 Å². The number of rotatable bonds is 2. The van der Waals surface area contributed by atoms with Crippen LogP contribution in [0.3, 0.4) is 0 Å². The van der Waals surface area contributed by atoms with Gasteiger partial charge in [0.05, 0.1) is 0 Å². The van der Waals surface area contributed by atoms with Crippen LogP contribution in [0.1, 0.15) is 0 Å². The number of hydrogen-bond donors (Lipinski definition) is 1. The van der Waals surface area contributed by atoms with Crippen molar-refractivity contribution in [3.8, 4) is 28.7 Å². The van der Waals surface area contributed by atoms with Crippen molar-refractivity contribution in [1.29, 1.82) is 0 Å². The molecule has 0 aliphatic carbocycles. The van der Waals surface area contributed by atoms with Gasteiger partial charge >= 0.3 is 0 Å². The fraction of sp³-hybridized carbons (Fsp3) is 0. The number of nitrogens with zero attached hydrogens (tertiary/aromatic N) is 3. The molecule has 19 heavy (non-hydrogen) atoms. The van der Waals surface area contributed by atoms with E-state index in [1.807, 2.05) is 12.1 Å². The Labute approximate surface area is 117 Å². The molecular weight excluding hydrogens is 310 g/mol. The zero-order valence-corrected chi connectivity index (χ0v) is 11.2. The molecule has 1 aromatic carbocycles. The van der Waals surface area contributed by atoms with Crippen molar-refractivity contribution >= 4 is 15.9 Å². The van der Waals surface area contributed by atoms with Gasteiger partial charge in [0.15, 0.2) is 0 Å². The Morgan fingerprint density at radius 3 is 2.63 bits per heavy atom. The van der Waals surface area contributed by atoms with Crippen LogP contribution in [0.15, 0.2) is 51.6 Å². The smallest absolute Gasteiger partial charge is 0.258 e. The van der Waals surface area contributed by atoms with Crippen LogP contribution in [0.4, 0.5) is 0 Å². The fourth-order valence-electron chi connectivity index (χ4n) is 1.59. The number of halogens is 1. The lowest BCUT2D eigenvalue weighted by Crippen LogP contribution is -1.86. The van der Waals surface area contributed by atoms with E-state index >= 15 is 0 Å². The van der Waals surface area contributed by atoms with E-state index < -0.39 is 0 Å². The zero-order chi connectivity index (χ0) is 13.2. The second-order valence-electron chi connectivity index (χ2n) is 3.80. The number of aromatic nitrogens is 3. The van der Waals surface area contributed by atoms with Crippen molar-refractivity contribution in [2.45, 2.75) is 0 Å². The van der Waals surface area contributed by atoms with Crippen LogP contribution < -0.4 is 0 Å². The average molecular weight is 318 g/mol. The van der Waals surface area contributed by atoms with Gasteiger partial charge in [-0.15, -0.1) is 0 Å². The van der Waals surface area contributed by atoms with Crippen molar-refractivity contribution in [2.75, 3.05) is 0 Å². The van der Waals surface area contributed by atoms with Crippen molar-refractivity contribution in [2.24, 2.45) is 0 Å². The molecule has 0 atom stereocenters. The zero-order valence-electron chi connectivity index (χ0n) is 9.62. The Hall–Kier alpha value is -2.21. The van der Waals surface area contributed by atoms with Gasteiger partial charge in [0.2, 0.25) is 5.82 Å². The molecule has 3 rings (SSSR count). The third-order valence-electron chi connectivity index (χ3n) is 2.51. The van der Waals surface area contributed by atoms with Crippen LogP contribution in [-0.4, -0.2) is 20.2 Å². The van der Waals surface area contributed by atoms with E-state index in [-0.39, 0.29) is 5.75 Å². The minimum Gasteiger partial charge on any atom is -0.508 e. The number of aromatic hydroxyl groups is 1. The van der Waals surface area contributed by atoms with Crippen LogP contribution >= 0.6 is 15.9 Å². The fourth-order valence-corrected chi connectivity index (χ4v) is 2.02. The third-order valence-corrected chi connectivity index (χ3v) is 3.15. The summed E-state index contributed by atoms with van der Waals surface area (Å²) in [5.41, 5.74) is 1.36. The molecule has 2 aromatic heterocycles. The van der Waals surface area contributed by atoms with Gasteiger partial charge in [-0.25, -0.2) is 0 Å². The first kappa shape index (κ1) is 11.9. The normalized spacial score (nSPS) is 10.6. The van der Waals surface area contributed by atoms with Gasteiger partial charge in [0.1, 0.15) is 11.4 Å². The summed E-state index contributed by atoms with van der Waals surface area (Å²) in [6.07, 6.45) is 1.66. The standard InChI is InChI=1S/C13H8BrN3O2/c14-10-2-1-7-15-11(10)12-16-13(19-17-12)8-3-5-9(18)6-4-8/h1-7,18H. The lowest BCUT2D eigenvalue weighted by atomic mass is 10.2. The van der Waals surface area contributed by atoms with E-state index in [4.69, 9.17) is 4.52 Å². The first-order valence-corrected chi connectivity index (χ1v) is 6.27. The highest BCUT2D eigenvalue weighted by molar-refractivity contribution is 9.10. The lowest BCUT2D eigenvalue weighted by molar-refractivity contribution is 0.432. The SMILES string of the molecule is Oc1ccc(-c2nc(-c3ncccc3Br)no2)cc1. The average Bonchev–Trinajstić information content (AvgIpc) is 2.89. The van der Waals surface area contributed by atoms with Gasteiger partial charge in [0.25, 0.3) is 5.89 Å². The molecule has 0 aliphatic rings. The van der Waals surface area contributed by atoms with Gasteiger partial charge in [-0.1, -0.05) is 5.16 Å². The van der Waals surface area contributed by atoms with E-state index in [2.05, 4.69) is 31.1 Å². The summed E-state index contributed by atoms with van der Waals surface area (Å²) >= 11 is 3.39. The molecule has 0 amide bonds. The number of phenolic OH excluding ortho intramolecular Hbond substituents is 1. The number of hydrogen-bond acceptors (Lipinski definition) is 5. The molecule has 0 saturated heterocycles. The summed E-state index contributed by atoms with van der Waals surface area (Å²) in [5.74, 6) is 0.985. The van der Waals surface area contributed by atoms with Gasteiger partial charge in [0, 0.05) is 16.2 Å². The highest BCUT2D eigenvalue weighted by Gasteiger charge is 2.13. The summed E-state index contributed by atoms with van der Waals surface area (Å²) in [6, 6.07) is 10.2. The molecule has 0 fully saturated rings. The Morgan fingerprint density at radius 1 is 1.11 bits per heavy atom. The van der Waals surface area contributed by atoms with E-state index in [1.54, 1.807) is 30.5 Å². The predicted octanol–water partition coefficient (Wildman–Crippen LogP) is 3.27. The number of benzene rings is 1. The van der Waals surface area contributed by atoms with E-state index in [1.165, 1.54) is 0 Å². The first-order valence-electron chi connectivity index (χ1n) is 5.48. The summed E-state index contributed by atoms with van der Waals surface area (Å²) < 4.78 is 6.00. The molecule has 6 heteroatoms. The van der Waals surface area contributed by atoms with Gasteiger partial charge < -0.3 is 9.63 Å². The maximum atomic E-state index is 9.24. The van der Waals surface area contributed by atoms with Gasteiger partial charge in [-0.2, -0.15) is 4.98 Å². The Kier molecular flexibility index (Phi) is 3.00. The highest BCUT2D eigenvalue weighted by Crippen LogP contribution is 2.26. The topological polar surface area (TPSA) is 72.0 Å². The maximum absolute atomic E-state index is 9.24. The molecule has 5 nitrogen and oxygen atoms in total. The largest absolute Gasteiger partial charge is 0.508 e. The van der Waals surface area contributed by atoms with Crippen molar-refractivity contribution in [3.05, 3.63) is 47.1 Å². The summed E-state index contributed by atoms with van der Waals surface area (Å²) in [4.78, 5) is 8.49. The van der Waals surface area contributed by atoms with Crippen molar-refractivity contribution < 1.29 is 9.63 Å². The highest BCUT2D eigenvalue weighted by atomic mass is 79.9. The Bertz CT molecular complexity index is 710. The summed E-state index contributed by atoms with van der Waals surface area (Å²) in [5, 5.41) is 13.1. The second-order valence-corrected chi connectivity index (χ2v) is 4.66. The molecule has 0 bridgehead atoms. The van der Waals surface area contributed by atoms with Crippen LogP contribution in [0.5, 0.6) is 5.75 Å². The summed E-state index contributed by atoms with van der Waals surface area (Å²) in [6.45, 7) is 0. The molecule has 0 saturated carbocycles. The monoisotopic (exact) mass is 317 g/mol. The quantitative estimate of drug-likeness (QED) is 0.785.